The molecule has 0 amide bonds. The van der Waals surface area contributed by atoms with Gasteiger partial charge in [-0.25, -0.2) is 0 Å². The third-order valence-electron chi connectivity index (χ3n) is 4.85. The highest BCUT2D eigenvalue weighted by Crippen LogP contribution is 2.55. The third-order valence-corrected chi connectivity index (χ3v) is 8.73. The zero-order chi connectivity index (χ0) is 24.5. The van der Waals surface area contributed by atoms with E-state index in [1.54, 1.807) is 12.1 Å². The minimum absolute atomic E-state index is 0.0220. The van der Waals surface area contributed by atoms with Gasteiger partial charge in [0, 0.05) is 11.6 Å². The van der Waals surface area contributed by atoms with E-state index in [0.717, 1.165) is 5.56 Å². The van der Waals surface area contributed by atoms with Crippen LogP contribution in [0.1, 0.15) is 24.6 Å². The maximum atomic E-state index is 11.8. The SMILES string of the molecule is O=P(O)(O)CP(=O)(O)OC[C@@H]1CC[C@H](n2nnc3c(NCc4ccc(Cl)cc4)nc(Cl)nc32)O1. The lowest BCUT2D eigenvalue weighted by Crippen LogP contribution is -2.17. The first-order chi connectivity index (χ1) is 16.0. The van der Waals surface area contributed by atoms with Crippen molar-refractivity contribution in [3.05, 3.63) is 40.1 Å². The van der Waals surface area contributed by atoms with E-state index in [1.165, 1.54) is 4.68 Å². The Hall–Kier alpha value is -1.66. The molecule has 34 heavy (non-hydrogen) atoms. The standard InChI is InChI=1S/C17H20Cl2N6O7P2/c18-11-3-1-10(2-4-11)7-20-15-14-16(22-17(19)21-15)25(24-23-14)13-6-5-12(32-13)8-31-34(29,30)9-33(26,27)28/h1-4,12-13H,5-9H2,(H,29,30)(H,20,21,22)(H2,26,27,28)/t12-,13+/m0/s1. The van der Waals surface area contributed by atoms with Crippen LogP contribution in [0.5, 0.6) is 0 Å². The zero-order valence-corrected chi connectivity index (χ0v) is 20.7. The van der Waals surface area contributed by atoms with Gasteiger partial charge in [-0.1, -0.05) is 28.9 Å². The summed E-state index contributed by atoms with van der Waals surface area (Å²) in [5.41, 5.74) is 1.67. The molecule has 0 aliphatic carbocycles. The minimum Gasteiger partial charge on any atom is -0.364 e. The summed E-state index contributed by atoms with van der Waals surface area (Å²) in [6, 6.07) is 7.28. The maximum Gasteiger partial charge on any atom is 0.340 e. The molecule has 1 saturated heterocycles. The van der Waals surface area contributed by atoms with Gasteiger partial charge in [0.2, 0.25) is 5.28 Å². The van der Waals surface area contributed by atoms with Crippen LogP contribution in [0, 0.1) is 0 Å². The summed E-state index contributed by atoms with van der Waals surface area (Å²) in [4.78, 5) is 35.8. The second-order valence-electron chi connectivity index (χ2n) is 7.56. The average Bonchev–Trinajstić information content (AvgIpc) is 3.36. The van der Waals surface area contributed by atoms with Crippen molar-refractivity contribution < 1.29 is 33.1 Å². The molecule has 3 heterocycles. The Morgan fingerprint density at radius 3 is 2.59 bits per heavy atom. The summed E-state index contributed by atoms with van der Waals surface area (Å²) in [5.74, 6) is -0.877. The van der Waals surface area contributed by atoms with Crippen LogP contribution < -0.4 is 5.32 Å². The Kier molecular flexibility index (Phi) is 7.58. The molecule has 3 aromatic rings. The topological polar surface area (TPSA) is 182 Å². The fourth-order valence-corrected chi connectivity index (χ4v) is 6.25. The first-order valence-electron chi connectivity index (χ1n) is 9.92. The van der Waals surface area contributed by atoms with Gasteiger partial charge in [-0.05, 0) is 42.1 Å². The fourth-order valence-electron chi connectivity index (χ4n) is 3.37. The van der Waals surface area contributed by atoms with Crippen molar-refractivity contribution in [3.8, 4) is 0 Å². The molecule has 17 heteroatoms. The lowest BCUT2D eigenvalue weighted by Gasteiger charge is -2.17. The number of nitrogens with zero attached hydrogens (tertiary/aromatic N) is 5. The molecule has 0 radical (unpaired) electrons. The van der Waals surface area contributed by atoms with Crippen molar-refractivity contribution in [1.82, 2.24) is 25.0 Å². The second kappa shape index (κ2) is 10.1. The highest BCUT2D eigenvalue weighted by atomic mass is 35.5. The average molecular weight is 553 g/mol. The summed E-state index contributed by atoms with van der Waals surface area (Å²) in [7, 11) is -9.17. The van der Waals surface area contributed by atoms with Gasteiger partial charge in [0.1, 0.15) is 0 Å². The van der Waals surface area contributed by atoms with Crippen LogP contribution in [0.4, 0.5) is 5.82 Å². The first-order valence-corrected chi connectivity index (χ1v) is 14.2. The number of nitrogens with one attached hydrogen (secondary N) is 1. The smallest absolute Gasteiger partial charge is 0.340 e. The molecule has 0 spiro atoms. The monoisotopic (exact) mass is 552 g/mol. The molecule has 184 valence electrons. The molecule has 4 rings (SSSR count). The minimum atomic E-state index is -4.70. The van der Waals surface area contributed by atoms with Crippen LogP contribution in [-0.4, -0.2) is 58.3 Å². The normalized spacial score (nSPS) is 20.5. The largest absolute Gasteiger partial charge is 0.364 e. The Balaban J connectivity index is 1.44. The summed E-state index contributed by atoms with van der Waals surface area (Å²) in [6.45, 7) is 0.113. The van der Waals surface area contributed by atoms with Crippen LogP contribution in [0.3, 0.4) is 0 Å². The number of ether oxygens (including phenoxy) is 1. The van der Waals surface area contributed by atoms with Crippen LogP contribution in [0.25, 0.3) is 11.2 Å². The Bertz CT molecular complexity index is 1270. The number of halogens is 2. The lowest BCUT2D eigenvalue weighted by molar-refractivity contribution is -0.0239. The van der Waals surface area contributed by atoms with Crippen LogP contribution in [0.2, 0.25) is 10.3 Å². The number of fused-ring (bicyclic) bond motifs is 1. The van der Waals surface area contributed by atoms with E-state index in [9.17, 15) is 14.0 Å². The van der Waals surface area contributed by atoms with Gasteiger partial charge in [-0.2, -0.15) is 14.6 Å². The molecular weight excluding hydrogens is 533 g/mol. The van der Waals surface area contributed by atoms with Gasteiger partial charge in [0.25, 0.3) is 0 Å². The predicted molar refractivity (Wildman–Crippen MR) is 123 cm³/mol. The fraction of sp³-hybridized carbons (Fsp3) is 0.412. The van der Waals surface area contributed by atoms with Crippen molar-refractivity contribution in [2.45, 2.75) is 31.7 Å². The molecule has 1 unspecified atom stereocenters. The number of rotatable bonds is 9. The predicted octanol–water partition coefficient (Wildman–Crippen LogP) is 3.16. The number of aromatic nitrogens is 5. The molecule has 1 aromatic carbocycles. The quantitative estimate of drug-likeness (QED) is 0.225. The number of anilines is 1. The Labute approximate surface area is 203 Å². The van der Waals surface area contributed by atoms with E-state index >= 15 is 0 Å². The second-order valence-corrected chi connectivity index (χ2v) is 12.3. The summed E-state index contributed by atoms with van der Waals surface area (Å²) < 4.78 is 34.9. The van der Waals surface area contributed by atoms with E-state index in [4.69, 9.17) is 42.2 Å². The number of benzene rings is 1. The van der Waals surface area contributed by atoms with Gasteiger partial charge in [0.15, 0.2) is 29.1 Å². The Morgan fingerprint density at radius 1 is 1.15 bits per heavy atom. The van der Waals surface area contributed by atoms with Gasteiger partial charge < -0.3 is 29.3 Å². The van der Waals surface area contributed by atoms with Crippen LogP contribution in [0.15, 0.2) is 24.3 Å². The molecular formula is C17H20Cl2N6O7P2. The van der Waals surface area contributed by atoms with Crippen molar-refractivity contribution >= 4 is 55.4 Å². The highest BCUT2D eigenvalue weighted by Gasteiger charge is 2.35. The molecule has 2 aromatic heterocycles. The van der Waals surface area contributed by atoms with E-state index < -0.39 is 33.4 Å². The lowest BCUT2D eigenvalue weighted by atomic mass is 10.2. The van der Waals surface area contributed by atoms with Crippen molar-refractivity contribution in [2.75, 3.05) is 17.8 Å². The maximum absolute atomic E-state index is 11.8. The number of hydrogen-bond acceptors (Lipinski definition) is 9. The van der Waals surface area contributed by atoms with Gasteiger partial charge >= 0.3 is 15.2 Å². The van der Waals surface area contributed by atoms with Gasteiger partial charge in [0.05, 0.1) is 12.7 Å². The molecule has 4 N–H and O–H groups in total. The van der Waals surface area contributed by atoms with Gasteiger partial charge in [-0.3, -0.25) is 9.13 Å². The van der Waals surface area contributed by atoms with Crippen molar-refractivity contribution in [1.29, 1.82) is 0 Å². The van der Waals surface area contributed by atoms with Crippen LogP contribution >= 0.6 is 38.4 Å². The Morgan fingerprint density at radius 2 is 1.88 bits per heavy atom. The zero-order valence-electron chi connectivity index (χ0n) is 17.4. The van der Waals surface area contributed by atoms with E-state index in [-0.39, 0.29) is 11.9 Å². The summed E-state index contributed by atoms with van der Waals surface area (Å²) >= 11 is 12.0. The molecule has 0 bridgehead atoms. The molecule has 13 nitrogen and oxygen atoms in total. The summed E-state index contributed by atoms with van der Waals surface area (Å²) in [5, 5.41) is 12.0. The van der Waals surface area contributed by atoms with E-state index in [0.29, 0.717) is 41.4 Å². The highest BCUT2D eigenvalue weighted by molar-refractivity contribution is 7.70. The summed E-state index contributed by atoms with van der Waals surface area (Å²) in [6.07, 6.45) is -0.284. The molecule has 3 atom stereocenters. The number of hydrogen-bond donors (Lipinski definition) is 4. The van der Waals surface area contributed by atoms with Crippen molar-refractivity contribution in [2.24, 2.45) is 0 Å². The van der Waals surface area contributed by atoms with E-state index in [1.807, 2.05) is 12.1 Å². The first kappa shape index (κ1) is 25.4. The third kappa shape index (κ3) is 6.51. The molecule has 0 saturated carbocycles. The molecule has 1 aliphatic heterocycles. The van der Waals surface area contributed by atoms with E-state index in [2.05, 4.69) is 25.6 Å². The van der Waals surface area contributed by atoms with Crippen molar-refractivity contribution in [3.63, 3.8) is 0 Å². The van der Waals surface area contributed by atoms with Crippen LogP contribution in [-0.2, 0) is 24.9 Å². The van der Waals surface area contributed by atoms with Gasteiger partial charge in [-0.15, -0.1) is 5.10 Å². The molecule has 1 aliphatic rings. The molecule has 1 fully saturated rings.